The van der Waals surface area contributed by atoms with Gasteiger partial charge in [-0.3, -0.25) is 0 Å². The zero-order valence-corrected chi connectivity index (χ0v) is 12.7. The lowest BCUT2D eigenvalue weighted by Crippen LogP contribution is -2.00. The van der Waals surface area contributed by atoms with Gasteiger partial charge in [-0.25, -0.2) is 0 Å². The number of rotatable bonds is 5. The third kappa shape index (κ3) is 2.28. The van der Waals surface area contributed by atoms with Crippen LogP contribution in [0.2, 0.25) is 0 Å². The number of hydrogen-bond acceptors (Lipinski definition) is 0. The molecule has 0 unspecified atom stereocenters. The van der Waals surface area contributed by atoms with Crippen LogP contribution < -0.4 is 0 Å². The summed E-state index contributed by atoms with van der Waals surface area (Å²) >= 11 is 0. The Kier molecular flexibility index (Phi) is 3.91. The number of unbranched alkanes of at least 4 members (excludes halogenated alkanes) is 1. The Bertz CT molecular complexity index is 607. The van der Waals surface area contributed by atoms with Crippen LogP contribution in [0.15, 0.2) is 36.4 Å². The van der Waals surface area contributed by atoms with E-state index in [0.29, 0.717) is 0 Å². The van der Waals surface area contributed by atoms with Gasteiger partial charge in [0.1, 0.15) is 0 Å². The van der Waals surface area contributed by atoms with Crippen LogP contribution in [-0.4, -0.2) is 0 Å². The van der Waals surface area contributed by atoms with E-state index in [1.54, 1.807) is 16.7 Å². The number of benzene rings is 2. The van der Waals surface area contributed by atoms with Gasteiger partial charge in [0.05, 0.1) is 0 Å². The third-order valence-electron chi connectivity index (χ3n) is 4.50. The first-order valence-corrected chi connectivity index (χ1v) is 8.07. The van der Waals surface area contributed by atoms with Gasteiger partial charge >= 0.3 is 0 Å². The zero-order chi connectivity index (χ0) is 13.9. The number of fused-ring (bicyclic) bond motifs is 3. The van der Waals surface area contributed by atoms with E-state index in [2.05, 4.69) is 50.2 Å². The molecular weight excluding hydrogens is 240 g/mol. The molecule has 1 aliphatic rings. The highest BCUT2D eigenvalue weighted by molar-refractivity contribution is 5.78. The predicted octanol–water partition coefficient (Wildman–Crippen LogP) is 5.55. The van der Waals surface area contributed by atoms with Crippen molar-refractivity contribution in [2.24, 2.45) is 0 Å². The highest BCUT2D eigenvalue weighted by Gasteiger charge is 2.21. The Morgan fingerprint density at radius 1 is 0.850 bits per heavy atom. The Hall–Kier alpha value is -1.56. The molecule has 0 heterocycles. The van der Waals surface area contributed by atoms with Gasteiger partial charge in [-0.2, -0.15) is 0 Å². The topological polar surface area (TPSA) is 0 Å². The largest absolute Gasteiger partial charge is 0.0654 e. The fraction of sp³-hybridized carbons (Fsp3) is 0.400. The van der Waals surface area contributed by atoms with E-state index in [9.17, 15) is 0 Å². The quantitative estimate of drug-likeness (QED) is 0.566. The second kappa shape index (κ2) is 5.83. The Labute approximate surface area is 122 Å². The summed E-state index contributed by atoms with van der Waals surface area (Å²) in [5, 5.41) is 0. The summed E-state index contributed by atoms with van der Waals surface area (Å²) in [6, 6.07) is 13.7. The summed E-state index contributed by atoms with van der Waals surface area (Å²) in [6.45, 7) is 4.58. The zero-order valence-electron chi connectivity index (χ0n) is 12.7. The predicted molar refractivity (Wildman–Crippen MR) is 87.3 cm³/mol. The van der Waals surface area contributed by atoms with Crippen molar-refractivity contribution < 1.29 is 0 Å². The highest BCUT2D eigenvalue weighted by Crippen LogP contribution is 2.39. The van der Waals surface area contributed by atoms with Crippen LogP contribution in [0.4, 0.5) is 0 Å². The fourth-order valence-electron chi connectivity index (χ4n) is 3.49. The lowest BCUT2D eigenvalue weighted by Gasteiger charge is -2.14. The molecule has 0 amide bonds. The first kappa shape index (κ1) is 13.4. The number of aryl methyl sites for hydroxylation is 1. The van der Waals surface area contributed by atoms with Crippen LogP contribution in [0.1, 0.15) is 55.4 Å². The van der Waals surface area contributed by atoms with Crippen LogP contribution in [-0.2, 0) is 19.3 Å². The third-order valence-corrected chi connectivity index (χ3v) is 4.50. The minimum absolute atomic E-state index is 1.14. The smallest absolute Gasteiger partial charge is 0.00106 e. The van der Waals surface area contributed by atoms with Gasteiger partial charge in [0.2, 0.25) is 0 Å². The molecule has 0 N–H and O–H groups in total. The SMILES string of the molecule is CCCCc1ccc2c(c1CCC)Cc1ccccc1-2. The summed E-state index contributed by atoms with van der Waals surface area (Å²) in [4.78, 5) is 0. The van der Waals surface area contributed by atoms with Gasteiger partial charge in [-0.05, 0) is 59.1 Å². The van der Waals surface area contributed by atoms with Crippen molar-refractivity contribution in [3.63, 3.8) is 0 Å². The van der Waals surface area contributed by atoms with Gasteiger partial charge in [-0.1, -0.05) is 63.1 Å². The Morgan fingerprint density at radius 3 is 2.50 bits per heavy atom. The van der Waals surface area contributed by atoms with E-state index in [-0.39, 0.29) is 0 Å². The second-order valence-corrected chi connectivity index (χ2v) is 5.92. The van der Waals surface area contributed by atoms with Crippen LogP contribution in [0.3, 0.4) is 0 Å². The molecule has 0 spiro atoms. The van der Waals surface area contributed by atoms with E-state index < -0.39 is 0 Å². The van der Waals surface area contributed by atoms with Gasteiger partial charge in [0, 0.05) is 0 Å². The summed E-state index contributed by atoms with van der Waals surface area (Å²) < 4.78 is 0. The van der Waals surface area contributed by atoms with E-state index in [1.165, 1.54) is 48.8 Å². The molecule has 0 atom stereocenters. The first-order chi connectivity index (χ1) is 9.85. The van der Waals surface area contributed by atoms with E-state index in [4.69, 9.17) is 0 Å². The van der Waals surface area contributed by atoms with E-state index in [1.807, 2.05) is 0 Å². The Balaban J connectivity index is 2.06. The van der Waals surface area contributed by atoms with E-state index >= 15 is 0 Å². The molecule has 0 saturated heterocycles. The molecule has 0 nitrogen and oxygen atoms in total. The molecule has 0 aromatic heterocycles. The lowest BCUT2D eigenvalue weighted by atomic mass is 9.91. The van der Waals surface area contributed by atoms with Gasteiger partial charge in [0.15, 0.2) is 0 Å². The lowest BCUT2D eigenvalue weighted by molar-refractivity contribution is 0.777. The van der Waals surface area contributed by atoms with Crippen LogP contribution >= 0.6 is 0 Å². The van der Waals surface area contributed by atoms with Gasteiger partial charge < -0.3 is 0 Å². The van der Waals surface area contributed by atoms with Crippen LogP contribution in [0.5, 0.6) is 0 Å². The standard InChI is InChI=1S/C20H24/c1-3-5-9-15-12-13-19-18-11-7-6-10-16(18)14-20(19)17(15)8-4-2/h6-7,10-13H,3-5,8-9,14H2,1-2H3. The second-order valence-electron chi connectivity index (χ2n) is 5.92. The van der Waals surface area contributed by atoms with Gasteiger partial charge in [-0.15, -0.1) is 0 Å². The minimum atomic E-state index is 1.14. The maximum absolute atomic E-state index is 2.39. The fourth-order valence-corrected chi connectivity index (χ4v) is 3.49. The maximum atomic E-state index is 2.39. The molecule has 3 rings (SSSR count). The van der Waals surface area contributed by atoms with Crippen molar-refractivity contribution in [3.8, 4) is 11.1 Å². The Morgan fingerprint density at radius 2 is 1.70 bits per heavy atom. The average Bonchev–Trinajstić information content (AvgIpc) is 2.85. The van der Waals surface area contributed by atoms with Gasteiger partial charge in [0.25, 0.3) is 0 Å². The summed E-state index contributed by atoms with van der Waals surface area (Å²) in [6.07, 6.45) is 7.45. The molecular formula is C20H24. The van der Waals surface area contributed by atoms with Crippen molar-refractivity contribution in [1.82, 2.24) is 0 Å². The monoisotopic (exact) mass is 264 g/mol. The molecule has 0 aliphatic heterocycles. The average molecular weight is 264 g/mol. The molecule has 1 aliphatic carbocycles. The molecule has 2 aromatic rings. The molecule has 20 heavy (non-hydrogen) atoms. The molecule has 0 saturated carbocycles. The first-order valence-electron chi connectivity index (χ1n) is 8.07. The molecule has 0 bridgehead atoms. The van der Waals surface area contributed by atoms with E-state index in [0.717, 1.165) is 6.42 Å². The van der Waals surface area contributed by atoms with Crippen molar-refractivity contribution in [1.29, 1.82) is 0 Å². The number of hydrogen-bond donors (Lipinski definition) is 0. The maximum Gasteiger partial charge on any atom is -0.00106 e. The van der Waals surface area contributed by atoms with Crippen molar-refractivity contribution in [3.05, 3.63) is 58.7 Å². The molecule has 0 heteroatoms. The highest BCUT2D eigenvalue weighted by atomic mass is 14.3. The normalized spacial score (nSPS) is 12.3. The van der Waals surface area contributed by atoms with Crippen molar-refractivity contribution in [2.45, 2.75) is 52.4 Å². The minimum Gasteiger partial charge on any atom is -0.0654 e. The summed E-state index contributed by atoms with van der Waals surface area (Å²) in [5.74, 6) is 0. The van der Waals surface area contributed by atoms with Crippen molar-refractivity contribution in [2.75, 3.05) is 0 Å². The molecule has 104 valence electrons. The summed E-state index contributed by atoms with van der Waals surface area (Å²) in [7, 11) is 0. The molecule has 2 aromatic carbocycles. The molecule has 0 fully saturated rings. The molecule has 0 radical (unpaired) electrons. The van der Waals surface area contributed by atoms with Crippen molar-refractivity contribution >= 4 is 0 Å². The van der Waals surface area contributed by atoms with Crippen LogP contribution in [0, 0.1) is 0 Å². The van der Waals surface area contributed by atoms with Crippen LogP contribution in [0.25, 0.3) is 11.1 Å². The summed E-state index contributed by atoms with van der Waals surface area (Å²) in [5.41, 5.74) is 9.32.